The molecule has 238 valence electrons. The molecule has 12 nitrogen and oxygen atoms in total. The molecule has 15 heteroatoms. The first-order valence-electron chi connectivity index (χ1n) is 14.3. The number of hydrogen-bond acceptors (Lipinski definition) is 8. The number of aromatic nitrogens is 1. The molecule has 4 atom stereocenters. The number of alkyl halides is 3. The summed E-state index contributed by atoms with van der Waals surface area (Å²) in [5.41, 5.74) is -0.768. The molecular formula is C30H31F3N6O6. The van der Waals surface area contributed by atoms with Gasteiger partial charge in [0.2, 0.25) is 17.4 Å². The lowest BCUT2D eigenvalue weighted by atomic mass is 9.97. The first-order chi connectivity index (χ1) is 21.3. The molecule has 2 aromatic rings. The maximum atomic E-state index is 14.1. The molecule has 1 spiro atoms. The molecule has 1 saturated carbocycles. The van der Waals surface area contributed by atoms with Crippen molar-refractivity contribution in [2.45, 2.75) is 68.6 Å². The maximum Gasteiger partial charge on any atom is 0.471 e. The smallest absolute Gasteiger partial charge is 0.471 e. The van der Waals surface area contributed by atoms with Gasteiger partial charge in [-0.05, 0) is 35.6 Å². The van der Waals surface area contributed by atoms with Crippen LogP contribution < -0.4 is 15.4 Å². The van der Waals surface area contributed by atoms with Crippen LogP contribution in [0.15, 0.2) is 42.6 Å². The average Bonchev–Trinajstić information content (AvgIpc) is 3.77. The van der Waals surface area contributed by atoms with Gasteiger partial charge in [-0.2, -0.15) is 18.4 Å². The van der Waals surface area contributed by atoms with Crippen molar-refractivity contribution in [1.29, 1.82) is 5.26 Å². The van der Waals surface area contributed by atoms with Gasteiger partial charge in [0, 0.05) is 26.1 Å². The summed E-state index contributed by atoms with van der Waals surface area (Å²) >= 11 is 0. The van der Waals surface area contributed by atoms with Gasteiger partial charge in [0.25, 0.3) is 5.91 Å². The van der Waals surface area contributed by atoms with Crippen LogP contribution in [0.2, 0.25) is 0 Å². The fourth-order valence-corrected chi connectivity index (χ4v) is 5.72. The molecule has 3 N–H and O–H groups in total. The molecule has 1 saturated heterocycles. The number of rotatable bonds is 9. The first kappa shape index (κ1) is 31.7. The normalized spacial score (nSPS) is 22.0. The Labute approximate surface area is 256 Å². The monoisotopic (exact) mass is 628 g/mol. The number of carbonyl (C=O) groups excluding carboxylic acids is 4. The third-order valence-electron chi connectivity index (χ3n) is 8.31. The van der Waals surface area contributed by atoms with Crippen molar-refractivity contribution in [1.82, 2.24) is 20.1 Å². The molecule has 0 radical (unpaired) electrons. The van der Waals surface area contributed by atoms with E-state index in [1.807, 2.05) is 6.07 Å². The molecule has 3 heterocycles. The molecule has 3 aliphatic rings. The number of pyridine rings is 1. The molecule has 1 aromatic heterocycles. The van der Waals surface area contributed by atoms with E-state index in [2.05, 4.69) is 10.3 Å². The quantitative estimate of drug-likeness (QED) is 0.378. The van der Waals surface area contributed by atoms with E-state index >= 15 is 0 Å². The molecule has 45 heavy (non-hydrogen) atoms. The third-order valence-corrected chi connectivity index (χ3v) is 8.31. The summed E-state index contributed by atoms with van der Waals surface area (Å²) in [7, 11) is 1.27. The second kappa shape index (κ2) is 12.4. The van der Waals surface area contributed by atoms with Crippen molar-refractivity contribution < 1.29 is 42.2 Å². The Bertz CT molecular complexity index is 1540. The SMILES string of the molecule is CN(C(=O)C(Cc1cccc(CO)c1)NC(=O)C(F)(F)F)C(CC1CC1)C(=O)N1CC2(CC1C#N)Oc1cccnc1NC2=O. The van der Waals surface area contributed by atoms with Crippen molar-refractivity contribution in [3.05, 3.63) is 53.7 Å². The van der Waals surface area contributed by atoms with Gasteiger partial charge in [-0.15, -0.1) is 0 Å². The van der Waals surface area contributed by atoms with Gasteiger partial charge in [-0.1, -0.05) is 37.1 Å². The van der Waals surface area contributed by atoms with E-state index < -0.39 is 53.5 Å². The van der Waals surface area contributed by atoms with Gasteiger partial charge in [0.15, 0.2) is 11.6 Å². The lowest BCUT2D eigenvalue weighted by molar-refractivity contribution is -0.175. The minimum absolute atomic E-state index is 0.0583. The number of likely N-dealkylation sites (N-methyl/N-ethyl adjacent to an activating group) is 1. The van der Waals surface area contributed by atoms with Gasteiger partial charge >= 0.3 is 12.1 Å². The second-order valence-electron chi connectivity index (χ2n) is 11.6. The minimum atomic E-state index is -5.27. The Balaban J connectivity index is 1.41. The number of carbonyl (C=O) groups is 4. The topological polar surface area (TPSA) is 165 Å². The molecule has 4 unspecified atom stereocenters. The highest BCUT2D eigenvalue weighted by Crippen LogP contribution is 2.41. The fraction of sp³-hybridized carbons (Fsp3) is 0.467. The second-order valence-corrected chi connectivity index (χ2v) is 11.6. The van der Waals surface area contributed by atoms with E-state index in [4.69, 9.17) is 4.74 Å². The highest BCUT2D eigenvalue weighted by Gasteiger charge is 2.57. The van der Waals surface area contributed by atoms with Gasteiger partial charge in [-0.25, -0.2) is 4.98 Å². The number of benzene rings is 1. The van der Waals surface area contributed by atoms with Gasteiger partial charge < -0.3 is 30.3 Å². The number of aliphatic hydroxyl groups is 1. The van der Waals surface area contributed by atoms with Crippen LogP contribution in [0.25, 0.3) is 0 Å². The van der Waals surface area contributed by atoms with Crippen LogP contribution in [0, 0.1) is 17.2 Å². The number of amides is 4. The predicted molar refractivity (Wildman–Crippen MR) is 150 cm³/mol. The lowest BCUT2D eigenvalue weighted by Crippen LogP contribution is -2.58. The molecule has 1 aliphatic carbocycles. The van der Waals surface area contributed by atoms with Gasteiger partial charge in [-0.3, -0.25) is 19.2 Å². The Kier molecular flexibility index (Phi) is 8.70. The summed E-state index contributed by atoms with van der Waals surface area (Å²) in [6.07, 6.45) is -2.60. The van der Waals surface area contributed by atoms with E-state index in [1.165, 1.54) is 30.3 Å². The van der Waals surface area contributed by atoms with E-state index in [0.717, 1.165) is 17.7 Å². The van der Waals surface area contributed by atoms with Crippen LogP contribution in [0.4, 0.5) is 19.0 Å². The van der Waals surface area contributed by atoms with Crippen molar-refractivity contribution >= 4 is 29.4 Å². The Morgan fingerprint density at radius 1 is 1.27 bits per heavy atom. The van der Waals surface area contributed by atoms with Crippen LogP contribution >= 0.6 is 0 Å². The molecule has 0 bridgehead atoms. The Morgan fingerprint density at radius 3 is 2.67 bits per heavy atom. The maximum absolute atomic E-state index is 14.1. The number of ether oxygens (including phenoxy) is 1. The first-order valence-corrected chi connectivity index (χ1v) is 14.3. The Hall–Kier alpha value is -4.71. The number of fused-ring (bicyclic) bond motifs is 1. The summed E-state index contributed by atoms with van der Waals surface area (Å²) < 4.78 is 45.8. The zero-order valence-electron chi connectivity index (χ0n) is 24.2. The van der Waals surface area contributed by atoms with Crippen LogP contribution in [0.5, 0.6) is 5.75 Å². The third kappa shape index (κ3) is 6.70. The highest BCUT2D eigenvalue weighted by atomic mass is 19.4. The molecule has 2 fully saturated rings. The highest BCUT2D eigenvalue weighted by molar-refractivity contribution is 6.01. The van der Waals surface area contributed by atoms with Gasteiger partial charge in [0.05, 0.1) is 19.2 Å². The number of likely N-dealkylation sites (tertiary alicyclic amines) is 1. The zero-order chi connectivity index (χ0) is 32.5. The summed E-state index contributed by atoms with van der Waals surface area (Å²) in [5.74, 6) is -4.01. The van der Waals surface area contributed by atoms with Crippen molar-refractivity contribution in [3.63, 3.8) is 0 Å². The number of hydrogen-bond donors (Lipinski definition) is 3. The number of nitrogens with one attached hydrogen (secondary N) is 2. The number of nitriles is 1. The predicted octanol–water partition coefficient (Wildman–Crippen LogP) is 1.68. The lowest BCUT2D eigenvalue weighted by Gasteiger charge is -2.35. The van der Waals surface area contributed by atoms with E-state index in [0.29, 0.717) is 11.1 Å². The minimum Gasteiger partial charge on any atom is -0.472 e. The van der Waals surface area contributed by atoms with Crippen LogP contribution in [0.1, 0.15) is 36.8 Å². The van der Waals surface area contributed by atoms with Crippen LogP contribution in [-0.4, -0.2) is 87.0 Å². The standard InChI is InChI=1S/C30H31F3N6O6/c1-38(25(41)21(36-28(44)30(31,32)33)11-18-4-2-5-19(10-18)15-40)22(12-17-7-8-17)26(42)39-16-29(13-20(39)14-34)27(43)37-24-23(45-29)6-3-9-35-24/h2-6,9-10,17,20-22,40H,7-8,11-13,15-16H2,1H3,(H,36,44)(H,35,37,43). The van der Waals surface area contributed by atoms with E-state index in [9.17, 15) is 42.7 Å². The van der Waals surface area contributed by atoms with Crippen molar-refractivity contribution in [2.75, 3.05) is 18.9 Å². The van der Waals surface area contributed by atoms with Crippen molar-refractivity contribution in [2.24, 2.45) is 5.92 Å². The fourth-order valence-electron chi connectivity index (χ4n) is 5.72. The summed E-state index contributed by atoms with van der Waals surface area (Å²) in [4.78, 5) is 59.3. The molecule has 4 amide bonds. The average molecular weight is 629 g/mol. The van der Waals surface area contributed by atoms with Crippen molar-refractivity contribution in [3.8, 4) is 11.8 Å². The largest absolute Gasteiger partial charge is 0.472 e. The Morgan fingerprint density at radius 2 is 2.00 bits per heavy atom. The number of halogens is 3. The van der Waals surface area contributed by atoms with E-state index in [1.54, 1.807) is 29.6 Å². The van der Waals surface area contributed by atoms with Crippen LogP contribution in [0.3, 0.4) is 0 Å². The number of anilines is 1. The summed E-state index contributed by atoms with van der Waals surface area (Å²) in [6.45, 7) is -0.657. The number of aliphatic hydroxyl groups excluding tert-OH is 1. The summed E-state index contributed by atoms with van der Waals surface area (Å²) in [5, 5.41) is 23.9. The molecule has 5 rings (SSSR count). The van der Waals surface area contributed by atoms with Crippen LogP contribution in [-0.2, 0) is 32.2 Å². The van der Waals surface area contributed by atoms with Gasteiger partial charge in [0.1, 0.15) is 18.1 Å². The van der Waals surface area contributed by atoms with E-state index in [-0.39, 0.29) is 49.9 Å². The molecule has 2 aliphatic heterocycles. The summed E-state index contributed by atoms with van der Waals surface area (Å²) in [6, 6.07) is 7.39. The zero-order valence-corrected chi connectivity index (χ0v) is 24.2. The number of nitrogens with zero attached hydrogens (tertiary/aromatic N) is 4. The molecular weight excluding hydrogens is 597 g/mol. The molecule has 1 aromatic carbocycles.